The maximum absolute atomic E-state index is 5.77. The highest BCUT2D eigenvalue weighted by atomic mass is 15.0. The molecule has 3 heteroatoms. The SMILES string of the molecule is NCc1ccc2nc3c(n2c1)CC(c1ccccc1)CC3. The summed E-state index contributed by atoms with van der Waals surface area (Å²) in [5, 5.41) is 0. The van der Waals surface area contributed by atoms with Crippen LogP contribution in [0.5, 0.6) is 0 Å². The van der Waals surface area contributed by atoms with Crippen LogP contribution in [-0.4, -0.2) is 9.38 Å². The molecule has 0 bridgehead atoms. The predicted molar refractivity (Wildman–Crippen MR) is 84.3 cm³/mol. The number of hydrogen-bond acceptors (Lipinski definition) is 2. The van der Waals surface area contributed by atoms with E-state index >= 15 is 0 Å². The van der Waals surface area contributed by atoms with Crippen molar-refractivity contribution in [1.29, 1.82) is 0 Å². The first-order valence-electron chi connectivity index (χ1n) is 7.59. The van der Waals surface area contributed by atoms with Gasteiger partial charge in [-0.15, -0.1) is 0 Å². The Balaban J connectivity index is 1.76. The molecule has 0 spiro atoms. The molecule has 1 aliphatic rings. The summed E-state index contributed by atoms with van der Waals surface area (Å²) in [5.74, 6) is 0.597. The van der Waals surface area contributed by atoms with Crippen LogP contribution in [0.4, 0.5) is 0 Å². The van der Waals surface area contributed by atoms with Crippen molar-refractivity contribution in [2.24, 2.45) is 5.73 Å². The number of rotatable bonds is 2. The summed E-state index contributed by atoms with van der Waals surface area (Å²) in [6, 6.07) is 15.0. The molecule has 106 valence electrons. The average molecular weight is 277 g/mol. The van der Waals surface area contributed by atoms with Crippen molar-refractivity contribution < 1.29 is 0 Å². The molecule has 0 amide bonds. The van der Waals surface area contributed by atoms with Crippen molar-refractivity contribution in [3.05, 3.63) is 71.2 Å². The molecule has 0 fully saturated rings. The lowest BCUT2D eigenvalue weighted by Gasteiger charge is -2.22. The second-order valence-electron chi connectivity index (χ2n) is 5.83. The molecule has 1 atom stereocenters. The number of pyridine rings is 1. The second kappa shape index (κ2) is 5.01. The van der Waals surface area contributed by atoms with Gasteiger partial charge in [-0.25, -0.2) is 4.98 Å². The maximum Gasteiger partial charge on any atom is 0.137 e. The van der Waals surface area contributed by atoms with Crippen molar-refractivity contribution in [3.8, 4) is 0 Å². The first-order chi connectivity index (χ1) is 10.3. The highest BCUT2D eigenvalue weighted by molar-refractivity contribution is 5.46. The van der Waals surface area contributed by atoms with E-state index < -0.39 is 0 Å². The molecular formula is C18H19N3. The zero-order valence-corrected chi connectivity index (χ0v) is 12.0. The van der Waals surface area contributed by atoms with E-state index in [1.165, 1.54) is 23.4 Å². The van der Waals surface area contributed by atoms with Crippen LogP contribution in [0.1, 0.15) is 34.9 Å². The Labute approximate surface area is 124 Å². The summed E-state index contributed by atoms with van der Waals surface area (Å²) in [5.41, 5.74) is 12.0. The molecule has 0 saturated heterocycles. The Hall–Kier alpha value is -2.13. The molecule has 0 aliphatic heterocycles. The Morgan fingerprint density at radius 3 is 2.81 bits per heavy atom. The van der Waals surface area contributed by atoms with Crippen LogP contribution < -0.4 is 5.73 Å². The molecule has 3 nitrogen and oxygen atoms in total. The van der Waals surface area contributed by atoms with Gasteiger partial charge in [0.05, 0.1) is 5.69 Å². The minimum Gasteiger partial charge on any atom is -0.326 e. The molecule has 3 aromatic rings. The Bertz CT molecular complexity index is 774. The number of nitrogens with zero attached hydrogens (tertiary/aromatic N) is 2. The molecule has 0 radical (unpaired) electrons. The second-order valence-corrected chi connectivity index (χ2v) is 5.83. The van der Waals surface area contributed by atoms with E-state index in [0.717, 1.165) is 24.1 Å². The van der Waals surface area contributed by atoms with Gasteiger partial charge in [0.15, 0.2) is 0 Å². The van der Waals surface area contributed by atoms with Gasteiger partial charge in [0.25, 0.3) is 0 Å². The third-order valence-electron chi connectivity index (χ3n) is 4.54. The lowest BCUT2D eigenvalue weighted by molar-refractivity contribution is 0.567. The zero-order chi connectivity index (χ0) is 14.2. The van der Waals surface area contributed by atoms with Gasteiger partial charge >= 0.3 is 0 Å². The van der Waals surface area contributed by atoms with E-state index in [1.54, 1.807) is 0 Å². The minimum atomic E-state index is 0.574. The van der Waals surface area contributed by atoms with Crippen molar-refractivity contribution >= 4 is 5.65 Å². The number of fused-ring (bicyclic) bond motifs is 3. The monoisotopic (exact) mass is 277 g/mol. The lowest BCUT2D eigenvalue weighted by Crippen LogP contribution is -2.14. The van der Waals surface area contributed by atoms with Gasteiger partial charge < -0.3 is 10.1 Å². The van der Waals surface area contributed by atoms with E-state index in [-0.39, 0.29) is 0 Å². The zero-order valence-electron chi connectivity index (χ0n) is 12.0. The first-order valence-corrected chi connectivity index (χ1v) is 7.59. The lowest BCUT2D eigenvalue weighted by atomic mass is 9.84. The first kappa shape index (κ1) is 12.6. The smallest absolute Gasteiger partial charge is 0.137 e. The average Bonchev–Trinajstić information content (AvgIpc) is 2.92. The molecular weight excluding hydrogens is 258 g/mol. The molecule has 2 heterocycles. The molecule has 4 rings (SSSR count). The fraction of sp³-hybridized carbons (Fsp3) is 0.278. The van der Waals surface area contributed by atoms with E-state index in [9.17, 15) is 0 Å². The third-order valence-corrected chi connectivity index (χ3v) is 4.54. The van der Waals surface area contributed by atoms with Crippen LogP contribution in [0.3, 0.4) is 0 Å². The third kappa shape index (κ3) is 2.14. The summed E-state index contributed by atoms with van der Waals surface area (Å²) in [4.78, 5) is 4.78. The number of imidazole rings is 1. The summed E-state index contributed by atoms with van der Waals surface area (Å²) in [7, 11) is 0. The molecule has 1 aromatic carbocycles. The number of aryl methyl sites for hydroxylation is 1. The van der Waals surface area contributed by atoms with Crippen LogP contribution in [0, 0.1) is 0 Å². The number of aromatic nitrogens is 2. The van der Waals surface area contributed by atoms with Gasteiger partial charge in [-0.3, -0.25) is 0 Å². The molecule has 1 unspecified atom stereocenters. The van der Waals surface area contributed by atoms with Gasteiger partial charge in [0.1, 0.15) is 5.65 Å². The highest BCUT2D eigenvalue weighted by Gasteiger charge is 2.24. The van der Waals surface area contributed by atoms with Gasteiger partial charge in [-0.05, 0) is 42.4 Å². The number of benzene rings is 1. The van der Waals surface area contributed by atoms with Crippen LogP contribution in [-0.2, 0) is 19.4 Å². The van der Waals surface area contributed by atoms with Crippen molar-refractivity contribution in [2.45, 2.75) is 31.7 Å². The Morgan fingerprint density at radius 2 is 2.00 bits per heavy atom. The number of nitrogens with two attached hydrogens (primary N) is 1. The normalized spacial score (nSPS) is 17.9. The van der Waals surface area contributed by atoms with E-state index in [2.05, 4.69) is 53.1 Å². The summed E-state index contributed by atoms with van der Waals surface area (Å²) in [6.07, 6.45) is 5.46. The van der Waals surface area contributed by atoms with Gasteiger partial charge in [-0.2, -0.15) is 0 Å². The number of hydrogen-bond donors (Lipinski definition) is 1. The van der Waals surface area contributed by atoms with Crippen molar-refractivity contribution in [3.63, 3.8) is 0 Å². The Kier molecular flexibility index (Phi) is 3.00. The quantitative estimate of drug-likeness (QED) is 0.782. The van der Waals surface area contributed by atoms with Crippen molar-refractivity contribution in [1.82, 2.24) is 9.38 Å². The van der Waals surface area contributed by atoms with Gasteiger partial charge in [0, 0.05) is 18.4 Å². The predicted octanol–water partition coefficient (Wildman–Crippen LogP) is 3.07. The van der Waals surface area contributed by atoms with E-state index in [0.29, 0.717) is 12.5 Å². The standard InChI is InChI=1S/C18H19N3/c19-11-13-6-9-18-20-16-8-7-15(10-17(16)21(18)12-13)14-4-2-1-3-5-14/h1-6,9,12,15H,7-8,10-11,19H2. The summed E-state index contributed by atoms with van der Waals surface area (Å²) >= 11 is 0. The Morgan fingerprint density at radius 1 is 1.14 bits per heavy atom. The van der Waals surface area contributed by atoms with Gasteiger partial charge in [-0.1, -0.05) is 36.4 Å². The van der Waals surface area contributed by atoms with Crippen LogP contribution in [0.25, 0.3) is 5.65 Å². The largest absolute Gasteiger partial charge is 0.326 e. The van der Waals surface area contributed by atoms with Crippen molar-refractivity contribution in [2.75, 3.05) is 0 Å². The van der Waals surface area contributed by atoms with Crippen LogP contribution in [0.2, 0.25) is 0 Å². The minimum absolute atomic E-state index is 0.574. The maximum atomic E-state index is 5.77. The molecule has 1 aliphatic carbocycles. The fourth-order valence-corrected chi connectivity index (χ4v) is 3.38. The van der Waals surface area contributed by atoms with Crippen LogP contribution >= 0.6 is 0 Å². The van der Waals surface area contributed by atoms with E-state index in [4.69, 9.17) is 10.7 Å². The molecule has 21 heavy (non-hydrogen) atoms. The van der Waals surface area contributed by atoms with Gasteiger partial charge in [0.2, 0.25) is 0 Å². The molecule has 0 saturated carbocycles. The molecule has 2 N–H and O–H groups in total. The highest BCUT2D eigenvalue weighted by Crippen LogP contribution is 2.32. The summed E-state index contributed by atoms with van der Waals surface area (Å²) < 4.78 is 2.24. The molecule has 2 aromatic heterocycles. The van der Waals surface area contributed by atoms with E-state index in [1.807, 2.05) is 0 Å². The van der Waals surface area contributed by atoms with Crippen LogP contribution in [0.15, 0.2) is 48.7 Å². The fourth-order valence-electron chi connectivity index (χ4n) is 3.38. The summed E-state index contributed by atoms with van der Waals surface area (Å²) in [6.45, 7) is 0.574. The topological polar surface area (TPSA) is 43.3 Å².